The second kappa shape index (κ2) is 7.65. The molecule has 0 spiro atoms. The molecule has 140 valence electrons. The van der Waals surface area contributed by atoms with Crippen molar-refractivity contribution in [3.8, 4) is 11.8 Å². The molecule has 0 radical (unpaired) electrons. The van der Waals surface area contributed by atoms with Crippen LogP contribution < -0.4 is 14.8 Å². The van der Waals surface area contributed by atoms with Crippen molar-refractivity contribution in [3.63, 3.8) is 0 Å². The van der Waals surface area contributed by atoms with Gasteiger partial charge in [0.2, 0.25) is 11.8 Å². The molecule has 2 aromatic heterocycles. The van der Waals surface area contributed by atoms with E-state index in [4.69, 9.17) is 9.47 Å². The van der Waals surface area contributed by atoms with Gasteiger partial charge < -0.3 is 19.8 Å². The molecule has 4 rings (SSSR count). The van der Waals surface area contributed by atoms with Gasteiger partial charge in [-0.3, -0.25) is 9.78 Å². The number of fused-ring (bicyclic) bond motifs is 1. The van der Waals surface area contributed by atoms with Crippen molar-refractivity contribution in [3.05, 3.63) is 48.4 Å². The summed E-state index contributed by atoms with van der Waals surface area (Å²) in [5.41, 5.74) is 1.65. The number of carbonyl (C=O) groups excluding carboxylic acids is 1. The first-order valence-electron chi connectivity index (χ1n) is 9.12. The number of carbonyl (C=O) groups is 1. The van der Waals surface area contributed by atoms with E-state index >= 15 is 0 Å². The Morgan fingerprint density at radius 2 is 1.96 bits per heavy atom. The highest BCUT2D eigenvalue weighted by atomic mass is 16.5. The molecule has 0 bridgehead atoms. The summed E-state index contributed by atoms with van der Waals surface area (Å²) in [6.45, 7) is 0. The van der Waals surface area contributed by atoms with Gasteiger partial charge in [0, 0.05) is 23.3 Å². The van der Waals surface area contributed by atoms with Crippen LogP contribution >= 0.6 is 0 Å². The standard InChI is InChI=1S/C20H22N4O3/c1-26-18-11-21-12-19(24-18)27-16-6-4-15(5-7-16)23-20(25)14-3-2-13-8-9-22-17(13)10-14/h2-3,8-12,15-16,22H,4-7H2,1H3,(H,23,25). The Bertz CT molecular complexity index is 932. The molecule has 0 atom stereocenters. The van der Waals surface area contributed by atoms with Gasteiger partial charge in [0.15, 0.2) is 0 Å². The smallest absolute Gasteiger partial charge is 0.251 e. The number of hydrogen-bond donors (Lipinski definition) is 2. The van der Waals surface area contributed by atoms with Crippen LogP contribution in [0.5, 0.6) is 11.8 Å². The molecule has 3 aromatic rings. The van der Waals surface area contributed by atoms with Crippen LogP contribution in [0.25, 0.3) is 10.9 Å². The minimum atomic E-state index is -0.0328. The van der Waals surface area contributed by atoms with Gasteiger partial charge >= 0.3 is 0 Å². The topological polar surface area (TPSA) is 89.1 Å². The molecule has 7 heteroatoms. The maximum absolute atomic E-state index is 12.5. The van der Waals surface area contributed by atoms with Crippen molar-refractivity contribution >= 4 is 16.8 Å². The molecule has 1 amide bonds. The Hall–Kier alpha value is -3.09. The summed E-state index contributed by atoms with van der Waals surface area (Å²) < 4.78 is 11.0. The number of aromatic nitrogens is 3. The third-order valence-electron chi connectivity index (χ3n) is 4.91. The van der Waals surface area contributed by atoms with E-state index in [9.17, 15) is 4.79 Å². The number of H-pyrrole nitrogens is 1. The van der Waals surface area contributed by atoms with Gasteiger partial charge in [-0.15, -0.1) is 0 Å². The zero-order valence-corrected chi connectivity index (χ0v) is 15.1. The molecule has 2 heterocycles. The van der Waals surface area contributed by atoms with Crippen LogP contribution in [-0.4, -0.2) is 40.1 Å². The Kier molecular flexibility index (Phi) is 4.91. The van der Waals surface area contributed by atoms with Gasteiger partial charge in [-0.2, -0.15) is 4.98 Å². The maximum Gasteiger partial charge on any atom is 0.251 e. The first kappa shape index (κ1) is 17.3. The van der Waals surface area contributed by atoms with Crippen molar-refractivity contribution in [1.29, 1.82) is 0 Å². The zero-order valence-electron chi connectivity index (χ0n) is 15.1. The highest BCUT2D eigenvalue weighted by Crippen LogP contribution is 2.24. The van der Waals surface area contributed by atoms with E-state index in [1.165, 1.54) is 0 Å². The van der Waals surface area contributed by atoms with Gasteiger partial charge in [0.25, 0.3) is 5.91 Å². The van der Waals surface area contributed by atoms with Crippen LogP contribution in [0.2, 0.25) is 0 Å². The van der Waals surface area contributed by atoms with Crippen LogP contribution in [-0.2, 0) is 0 Å². The van der Waals surface area contributed by atoms with Crippen LogP contribution in [0.15, 0.2) is 42.9 Å². The fraction of sp³-hybridized carbons (Fsp3) is 0.350. The van der Waals surface area contributed by atoms with Crippen LogP contribution in [0.3, 0.4) is 0 Å². The number of methoxy groups -OCH3 is 1. The number of hydrogen-bond acceptors (Lipinski definition) is 5. The predicted molar refractivity (Wildman–Crippen MR) is 101 cm³/mol. The average molecular weight is 366 g/mol. The molecule has 2 N–H and O–H groups in total. The second-order valence-corrected chi connectivity index (χ2v) is 6.74. The lowest BCUT2D eigenvalue weighted by Crippen LogP contribution is -2.39. The SMILES string of the molecule is COc1cncc(OC2CCC(NC(=O)c3ccc4cc[nH]c4c3)CC2)n1. The Morgan fingerprint density at radius 3 is 2.78 bits per heavy atom. The van der Waals surface area contributed by atoms with Crippen molar-refractivity contribution in [2.75, 3.05) is 7.11 Å². The molecule has 0 aliphatic heterocycles. The minimum absolute atomic E-state index is 0.0328. The normalized spacial score (nSPS) is 19.6. The summed E-state index contributed by atoms with van der Waals surface area (Å²) in [6.07, 6.45) is 8.56. The number of rotatable bonds is 5. The first-order valence-corrected chi connectivity index (χ1v) is 9.12. The largest absolute Gasteiger partial charge is 0.480 e. The van der Waals surface area contributed by atoms with E-state index in [0.29, 0.717) is 17.3 Å². The Morgan fingerprint density at radius 1 is 1.15 bits per heavy atom. The van der Waals surface area contributed by atoms with E-state index in [1.807, 2.05) is 30.5 Å². The van der Waals surface area contributed by atoms with Crippen molar-refractivity contribution in [1.82, 2.24) is 20.3 Å². The molecule has 1 aliphatic carbocycles. The number of nitrogens with one attached hydrogen (secondary N) is 2. The molecule has 1 aliphatic rings. The summed E-state index contributed by atoms with van der Waals surface area (Å²) in [6, 6.07) is 7.86. The quantitative estimate of drug-likeness (QED) is 0.724. The summed E-state index contributed by atoms with van der Waals surface area (Å²) in [5.74, 6) is 0.878. The number of nitrogens with zero attached hydrogens (tertiary/aromatic N) is 2. The third kappa shape index (κ3) is 4.02. The van der Waals surface area contributed by atoms with Gasteiger partial charge in [-0.25, -0.2) is 0 Å². The van der Waals surface area contributed by atoms with Crippen LogP contribution in [0, 0.1) is 0 Å². The van der Waals surface area contributed by atoms with Crippen molar-refractivity contribution < 1.29 is 14.3 Å². The summed E-state index contributed by atoms with van der Waals surface area (Å²) in [4.78, 5) is 24.0. The maximum atomic E-state index is 12.5. The fourth-order valence-electron chi connectivity index (χ4n) is 3.44. The molecule has 1 saturated carbocycles. The molecule has 0 saturated heterocycles. The number of aromatic amines is 1. The summed E-state index contributed by atoms with van der Waals surface area (Å²) >= 11 is 0. The fourth-order valence-corrected chi connectivity index (χ4v) is 3.44. The van der Waals surface area contributed by atoms with E-state index in [2.05, 4.69) is 20.3 Å². The lowest BCUT2D eigenvalue weighted by Gasteiger charge is -2.29. The molecular formula is C20H22N4O3. The minimum Gasteiger partial charge on any atom is -0.480 e. The van der Waals surface area contributed by atoms with E-state index in [1.54, 1.807) is 19.5 Å². The summed E-state index contributed by atoms with van der Waals surface area (Å²) in [7, 11) is 1.55. The monoisotopic (exact) mass is 366 g/mol. The lowest BCUT2D eigenvalue weighted by atomic mass is 9.92. The number of amides is 1. The first-order chi connectivity index (χ1) is 13.2. The highest BCUT2D eigenvalue weighted by molar-refractivity contribution is 5.98. The van der Waals surface area contributed by atoms with Gasteiger partial charge in [0.05, 0.1) is 19.5 Å². The highest BCUT2D eigenvalue weighted by Gasteiger charge is 2.24. The van der Waals surface area contributed by atoms with Crippen LogP contribution in [0.4, 0.5) is 0 Å². The van der Waals surface area contributed by atoms with Gasteiger partial charge in [0.1, 0.15) is 6.10 Å². The number of benzene rings is 1. The molecule has 1 aromatic carbocycles. The Balaban J connectivity index is 1.30. The van der Waals surface area contributed by atoms with Gasteiger partial charge in [-0.05, 0) is 49.3 Å². The van der Waals surface area contributed by atoms with Gasteiger partial charge in [-0.1, -0.05) is 6.07 Å². The second-order valence-electron chi connectivity index (χ2n) is 6.74. The average Bonchev–Trinajstić information content (AvgIpc) is 3.17. The third-order valence-corrected chi connectivity index (χ3v) is 4.91. The van der Waals surface area contributed by atoms with Crippen molar-refractivity contribution in [2.45, 2.75) is 37.8 Å². The van der Waals surface area contributed by atoms with Crippen LogP contribution in [0.1, 0.15) is 36.0 Å². The molecule has 7 nitrogen and oxygen atoms in total. The summed E-state index contributed by atoms with van der Waals surface area (Å²) in [5, 5.41) is 4.24. The van der Waals surface area contributed by atoms with E-state index in [-0.39, 0.29) is 18.1 Å². The molecule has 0 unspecified atom stereocenters. The predicted octanol–water partition coefficient (Wildman–Crippen LogP) is 3.09. The molecular weight excluding hydrogens is 344 g/mol. The lowest BCUT2D eigenvalue weighted by molar-refractivity contribution is 0.0889. The molecule has 1 fully saturated rings. The number of ether oxygens (including phenoxy) is 2. The zero-order chi connectivity index (χ0) is 18.6. The van der Waals surface area contributed by atoms with Crippen molar-refractivity contribution in [2.24, 2.45) is 0 Å². The van der Waals surface area contributed by atoms with E-state index < -0.39 is 0 Å². The van der Waals surface area contributed by atoms with E-state index in [0.717, 1.165) is 36.6 Å². The Labute approximate surface area is 157 Å². The molecule has 27 heavy (non-hydrogen) atoms.